The summed E-state index contributed by atoms with van der Waals surface area (Å²) in [6, 6.07) is 4.69. The highest BCUT2D eigenvalue weighted by molar-refractivity contribution is 7.99. The highest BCUT2D eigenvalue weighted by Gasteiger charge is 2.15. The number of anilines is 1. The summed E-state index contributed by atoms with van der Waals surface area (Å²) >= 11 is 1.04. The summed E-state index contributed by atoms with van der Waals surface area (Å²) < 4.78 is 5.99. The fourth-order valence-electron chi connectivity index (χ4n) is 1.56. The predicted octanol–water partition coefficient (Wildman–Crippen LogP) is -0.0114. The van der Waals surface area contributed by atoms with Crippen molar-refractivity contribution < 1.29 is 9.53 Å². The van der Waals surface area contributed by atoms with Crippen molar-refractivity contribution in [3.8, 4) is 0 Å². The van der Waals surface area contributed by atoms with Gasteiger partial charge in [0.15, 0.2) is 5.16 Å². The molecular formula is C12H12N4O4S. The van der Waals surface area contributed by atoms with Crippen molar-refractivity contribution in [2.45, 2.75) is 10.1 Å². The van der Waals surface area contributed by atoms with E-state index in [1.807, 2.05) is 0 Å². The number of aromatic amines is 1. The smallest absolute Gasteiger partial charge is 0.339 e. The summed E-state index contributed by atoms with van der Waals surface area (Å²) in [7, 11) is 2.79. The molecule has 0 bridgehead atoms. The van der Waals surface area contributed by atoms with E-state index < -0.39 is 17.1 Å². The third-order valence-electron chi connectivity index (χ3n) is 2.56. The molecule has 8 nitrogen and oxygen atoms in total. The Balaban J connectivity index is 2.49. The third-order valence-corrected chi connectivity index (χ3v) is 3.68. The molecule has 2 rings (SSSR count). The maximum Gasteiger partial charge on any atom is 0.339 e. The number of ether oxygens (including phenoxy) is 1. The number of hydrogen-bond acceptors (Lipinski definition) is 7. The first-order valence-electron chi connectivity index (χ1n) is 5.75. The predicted molar refractivity (Wildman–Crippen MR) is 76.4 cm³/mol. The summed E-state index contributed by atoms with van der Waals surface area (Å²) in [4.78, 5) is 38.4. The zero-order valence-corrected chi connectivity index (χ0v) is 12.1. The minimum Gasteiger partial charge on any atom is -0.465 e. The van der Waals surface area contributed by atoms with Gasteiger partial charge in [0, 0.05) is 17.6 Å². The normalized spacial score (nSPS) is 10.4. The molecule has 0 radical (unpaired) electrons. The van der Waals surface area contributed by atoms with Crippen LogP contribution in [-0.4, -0.2) is 27.8 Å². The fourth-order valence-corrected chi connectivity index (χ4v) is 2.45. The number of aromatic nitrogens is 3. The number of rotatable bonds is 3. The van der Waals surface area contributed by atoms with Crippen LogP contribution in [0.2, 0.25) is 0 Å². The maximum absolute atomic E-state index is 11.7. The molecule has 0 spiro atoms. The Morgan fingerprint density at radius 1 is 1.43 bits per heavy atom. The summed E-state index contributed by atoms with van der Waals surface area (Å²) in [6.45, 7) is 0. The number of esters is 1. The van der Waals surface area contributed by atoms with Crippen LogP contribution < -0.4 is 16.9 Å². The molecule has 0 unspecified atom stereocenters. The van der Waals surface area contributed by atoms with Gasteiger partial charge in [0.25, 0.3) is 0 Å². The Labute approximate surface area is 122 Å². The SMILES string of the molecule is COC(=O)c1cc(N)ccc1Sc1nc(=O)c(=O)[nH]n1C. The number of nitrogens with one attached hydrogen (secondary N) is 1. The number of carbonyl (C=O) groups excluding carboxylic acids is 1. The zero-order valence-electron chi connectivity index (χ0n) is 11.2. The molecule has 2 aromatic rings. The highest BCUT2D eigenvalue weighted by atomic mass is 32.2. The second-order valence-electron chi connectivity index (χ2n) is 4.05. The van der Waals surface area contributed by atoms with Gasteiger partial charge in [0.2, 0.25) is 0 Å². The lowest BCUT2D eigenvalue weighted by Crippen LogP contribution is -2.33. The molecule has 1 heterocycles. The molecule has 1 aromatic carbocycles. The van der Waals surface area contributed by atoms with E-state index >= 15 is 0 Å². The van der Waals surface area contributed by atoms with Crippen LogP contribution >= 0.6 is 11.8 Å². The lowest BCUT2D eigenvalue weighted by molar-refractivity contribution is 0.0597. The van der Waals surface area contributed by atoms with Crippen molar-refractivity contribution in [1.29, 1.82) is 0 Å². The van der Waals surface area contributed by atoms with Gasteiger partial charge in [-0.05, 0) is 30.0 Å². The molecule has 0 amide bonds. The summed E-state index contributed by atoms with van der Waals surface area (Å²) in [5, 5.41) is 2.56. The number of carbonyl (C=O) groups is 1. The van der Waals surface area contributed by atoms with Crippen molar-refractivity contribution in [3.05, 3.63) is 44.5 Å². The lowest BCUT2D eigenvalue weighted by Gasteiger charge is -2.09. The fraction of sp³-hybridized carbons (Fsp3) is 0.167. The van der Waals surface area contributed by atoms with Crippen LogP contribution in [-0.2, 0) is 11.8 Å². The Kier molecular flexibility index (Phi) is 4.13. The van der Waals surface area contributed by atoms with Crippen molar-refractivity contribution in [3.63, 3.8) is 0 Å². The maximum atomic E-state index is 11.7. The number of benzene rings is 1. The number of aryl methyl sites for hydroxylation is 1. The minimum absolute atomic E-state index is 0.231. The number of nitrogen functional groups attached to an aromatic ring is 1. The van der Waals surface area contributed by atoms with Crippen LogP contribution in [0.5, 0.6) is 0 Å². The first kappa shape index (κ1) is 14.9. The average Bonchev–Trinajstić information content (AvgIpc) is 2.45. The summed E-state index contributed by atoms with van der Waals surface area (Å²) in [5.41, 5.74) is 4.60. The highest BCUT2D eigenvalue weighted by Crippen LogP contribution is 2.29. The number of H-pyrrole nitrogens is 1. The standard InChI is InChI=1S/C12H12N4O4S/c1-16-12(14-9(17)10(18)15-16)21-8-4-3-6(13)5-7(8)11(19)20-2/h3-5H,13H2,1-2H3,(H,15,18). The van der Waals surface area contributed by atoms with Gasteiger partial charge in [-0.1, -0.05) is 0 Å². The lowest BCUT2D eigenvalue weighted by atomic mass is 10.2. The van der Waals surface area contributed by atoms with E-state index in [1.165, 1.54) is 24.9 Å². The van der Waals surface area contributed by atoms with Gasteiger partial charge in [-0.25, -0.2) is 4.79 Å². The molecule has 1 aromatic heterocycles. The van der Waals surface area contributed by atoms with E-state index in [0.717, 1.165) is 11.8 Å². The van der Waals surface area contributed by atoms with E-state index in [9.17, 15) is 14.4 Å². The zero-order chi connectivity index (χ0) is 15.6. The molecule has 0 fully saturated rings. The van der Waals surface area contributed by atoms with Crippen molar-refractivity contribution in [2.75, 3.05) is 12.8 Å². The first-order chi connectivity index (χ1) is 9.92. The van der Waals surface area contributed by atoms with Crippen molar-refractivity contribution >= 4 is 23.4 Å². The average molecular weight is 308 g/mol. The van der Waals surface area contributed by atoms with Crippen LogP contribution in [0.3, 0.4) is 0 Å². The van der Waals surface area contributed by atoms with Crippen LogP contribution in [0.1, 0.15) is 10.4 Å². The number of hydrogen-bond donors (Lipinski definition) is 2. The molecule has 110 valence electrons. The molecule has 3 N–H and O–H groups in total. The first-order valence-corrected chi connectivity index (χ1v) is 6.57. The number of methoxy groups -OCH3 is 1. The molecule has 0 aliphatic carbocycles. The monoisotopic (exact) mass is 308 g/mol. The molecule has 0 atom stereocenters. The molecule has 0 aliphatic heterocycles. The van der Waals surface area contributed by atoms with Gasteiger partial charge in [-0.2, -0.15) is 4.98 Å². The van der Waals surface area contributed by atoms with Gasteiger partial charge < -0.3 is 10.5 Å². The van der Waals surface area contributed by atoms with Crippen LogP contribution in [0.25, 0.3) is 0 Å². The second-order valence-corrected chi connectivity index (χ2v) is 5.06. The van der Waals surface area contributed by atoms with Gasteiger partial charge in [0.1, 0.15) is 0 Å². The summed E-state index contributed by atoms with van der Waals surface area (Å²) in [5.74, 6) is -0.556. The van der Waals surface area contributed by atoms with Gasteiger partial charge >= 0.3 is 17.1 Å². The largest absolute Gasteiger partial charge is 0.465 e. The quantitative estimate of drug-likeness (QED) is 0.465. The minimum atomic E-state index is -0.898. The van der Waals surface area contributed by atoms with E-state index in [0.29, 0.717) is 10.6 Å². The molecule has 9 heteroatoms. The Morgan fingerprint density at radius 2 is 2.14 bits per heavy atom. The van der Waals surface area contributed by atoms with Gasteiger partial charge in [-0.3, -0.25) is 19.4 Å². The van der Waals surface area contributed by atoms with Crippen molar-refractivity contribution in [2.24, 2.45) is 7.05 Å². The van der Waals surface area contributed by atoms with Gasteiger partial charge in [0.05, 0.1) is 12.7 Å². The number of nitrogens with two attached hydrogens (primary N) is 1. The van der Waals surface area contributed by atoms with E-state index in [1.54, 1.807) is 12.1 Å². The molecule has 0 aliphatic rings. The molecule has 0 saturated heterocycles. The Morgan fingerprint density at radius 3 is 2.81 bits per heavy atom. The summed E-state index contributed by atoms with van der Waals surface area (Å²) in [6.07, 6.45) is 0. The van der Waals surface area contributed by atoms with Crippen LogP contribution in [0, 0.1) is 0 Å². The molecule has 21 heavy (non-hydrogen) atoms. The Hall–Kier alpha value is -2.55. The topological polar surface area (TPSA) is 120 Å². The van der Waals surface area contributed by atoms with E-state index in [2.05, 4.69) is 14.8 Å². The Bertz CT molecular complexity index is 812. The second kappa shape index (κ2) is 5.83. The van der Waals surface area contributed by atoms with Crippen molar-refractivity contribution in [1.82, 2.24) is 14.8 Å². The number of nitrogens with zero attached hydrogens (tertiary/aromatic N) is 2. The van der Waals surface area contributed by atoms with E-state index in [4.69, 9.17) is 5.73 Å². The molecular weight excluding hydrogens is 296 g/mol. The van der Waals surface area contributed by atoms with E-state index in [-0.39, 0.29) is 10.7 Å². The van der Waals surface area contributed by atoms with Crippen LogP contribution in [0.15, 0.2) is 37.8 Å². The van der Waals surface area contributed by atoms with Crippen LogP contribution in [0.4, 0.5) is 5.69 Å². The van der Waals surface area contributed by atoms with Gasteiger partial charge in [-0.15, -0.1) is 0 Å². The third kappa shape index (κ3) is 3.14. The molecule has 0 saturated carbocycles.